The van der Waals surface area contributed by atoms with Crippen molar-refractivity contribution in [1.29, 1.82) is 0 Å². The molecule has 2 aromatic rings. The highest BCUT2D eigenvalue weighted by atomic mass is 16.5. The lowest BCUT2D eigenvalue weighted by atomic mass is 9.91. The standard InChI is InChI=1S/C20H26N2O2/c1-15(22-19(23)12-20(2,3)4)17-7-9-18(10-8-17)24-14-16-6-5-11-21-13-16/h5-11,13,15H,12,14H2,1-4H3,(H,22,23)/t15-/m0/s1. The van der Waals surface area contributed by atoms with E-state index in [-0.39, 0.29) is 17.4 Å². The van der Waals surface area contributed by atoms with Crippen LogP contribution >= 0.6 is 0 Å². The summed E-state index contributed by atoms with van der Waals surface area (Å²) in [6.07, 6.45) is 4.05. The largest absolute Gasteiger partial charge is 0.489 e. The maximum Gasteiger partial charge on any atom is 0.220 e. The zero-order valence-electron chi connectivity index (χ0n) is 14.9. The van der Waals surface area contributed by atoms with E-state index in [1.807, 2.05) is 43.3 Å². The first-order valence-corrected chi connectivity index (χ1v) is 8.24. The minimum absolute atomic E-state index is 0.00615. The molecule has 1 atom stereocenters. The Morgan fingerprint density at radius 1 is 1.21 bits per heavy atom. The van der Waals surface area contributed by atoms with Crippen LogP contribution in [-0.2, 0) is 11.4 Å². The summed E-state index contributed by atoms with van der Waals surface area (Å²) in [5.41, 5.74) is 2.09. The molecule has 1 aromatic heterocycles. The third-order valence-electron chi connectivity index (χ3n) is 3.58. The Morgan fingerprint density at radius 2 is 1.92 bits per heavy atom. The van der Waals surface area contributed by atoms with Gasteiger partial charge in [-0.3, -0.25) is 9.78 Å². The van der Waals surface area contributed by atoms with Crippen molar-refractivity contribution in [2.45, 2.75) is 46.8 Å². The van der Waals surface area contributed by atoms with Crippen LogP contribution in [0.3, 0.4) is 0 Å². The molecule has 0 bridgehead atoms. The average Bonchev–Trinajstić information content (AvgIpc) is 2.52. The van der Waals surface area contributed by atoms with Gasteiger partial charge in [-0.25, -0.2) is 0 Å². The van der Waals surface area contributed by atoms with E-state index in [2.05, 4.69) is 31.1 Å². The van der Waals surface area contributed by atoms with E-state index in [4.69, 9.17) is 4.74 Å². The van der Waals surface area contributed by atoms with Crippen molar-refractivity contribution in [2.24, 2.45) is 5.41 Å². The normalized spacial score (nSPS) is 12.5. The predicted octanol–water partition coefficient (Wildman–Crippen LogP) is 4.27. The van der Waals surface area contributed by atoms with Crippen molar-refractivity contribution < 1.29 is 9.53 Å². The van der Waals surface area contributed by atoms with Crippen LogP contribution in [0.2, 0.25) is 0 Å². The fraction of sp³-hybridized carbons (Fsp3) is 0.400. The van der Waals surface area contributed by atoms with Crippen molar-refractivity contribution in [3.63, 3.8) is 0 Å². The molecule has 0 unspecified atom stereocenters. The van der Waals surface area contributed by atoms with Crippen molar-refractivity contribution in [3.05, 3.63) is 59.9 Å². The Balaban J connectivity index is 1.88. The quantitative estimate of drug-likeness (QED) is 0.862. The molecule has 0 spiro atoms. The molecule has 24 heavy (non-hydrogen) atoms. The van der Waals surface area contributed by atoms with E-state index in [9.17, 15) is 4.79 Å². The minimum atomic E-state index is -0.0211. The Bertz CT molecular complexity index is 646. The average molecular weight is 326 g/mol. The van der Waals surface area contributed by atoms with Gasteiger partial charge >= 0.3 is 0 Å². The second-order valence-corrected chi connectivity index (χ2v) is 7.25. The van der Waals surface area contributed by atoms with Crippen molar-refractivity contribution >= 4 is 5.91 Å². The summed E-state index contributed by atoms with van der Waals surface area (Å²) < 4.78 is 5.75. The van der Waals surface area contributed by atoms with E-state index >= 15 is 0 Å². The molecule has 0 aliphatic heterocycles. The third kappa shape index (κ3) is 6.03. The maximum atomic E-state index is 12.0. The third-order valence-corrected chi connectivity index (χ3v) is 3.58. The van der Waals surface area contributed by atoms with Gasteiger partial charge in [0.05, 0.1) is 6.04 Å². The van der Waals surface area contributed by atoms with Gasteiger partial charge in [-0.1, -0.05) is 39.0 Å². The van der Waals surface area contributed by atoms with Gasteiger partial charge < -0.3 is 10.1 Å². The van der Waals surface area contributed by atoms with E-state index in [0.717, 1.165) is 16.9 Å². The van der Waals surface area contributed by atoms with Crippen LogP contribution in [-0.4, -0.2) is 10.9 Å². The van der Waals surface area contributed by atoms with Gasteiger partial charge in [0, 0.05) is 24.4 Å². The highest BCUT2D eigenvalue weighted by molar-refractivity contribution is 5.77. The number of aromatic nitrogens is 1. The lowest BCUT2D eigenvalue weighted by Crippen LogP contribution is -2.29. The number of carbonyl (C=O) groups is 1. The lowest BCUT2D eigenvalue weighted by molar-refractivity contribution is -0.123. The zero-order chi connectivity index (χ0) is 17.6. The Labute approximate surface area is 144 Å². The second-order valence-electron chi connectivity index (χ2n) is 7.25. The second kappa shape index (κ2) is 7.95. The Hall–Kier alpha value is -2.36. The molecule has 4 nitrogen and oxygen atoms in total. The van der Waals surface area contributed by atoms with E-state index in [1.54, 1.807) is 12.4 Å². The number of pyridine rings is 1. The zero-order valence-corrected chi connectivity index (χ0v) is 14.9. The summed E-state index contributed by atoms with van der Waals surface area (Å²) in [6.45, 7) is 8.67. The van der Waals surface area contributed by atoms with E-state index in [0.29, 0.717) is 13.0 Å². The summed E-state index contributed by atoms with van der Waals surface area (Å²) in [4.78, 5) is 16.1. The molecular formula is C20H26N2O2. The van der Waals surface area contributed by atoms with Gasteiger partial charge in [-0.05, 0) is 36.1 Å². The minimum Gasteiger partial charge on any atom is -0.489 e. The molecule has 1 aromatic carbocycles. The van der Waals surface area contributed by atoms with E-state index < -0.39 is 0 Å². The van der Waals surface area contributed by atoms with Crippen molar-refractivity contribution in [1.82, 2.24) is 10.3 Å². The number of ether oxygens (including phenoxy) is 1. The Kier molecular flexibility index (Phi) is 5.96. The summed E-state index contributed by atoms with van der Waals surface area (Å²) in [6, 6.07) is 11.7. The molecule has 0 saturated heterocycles. The molecule has 2 rings (SSSR count). The molecule has 1 heterocycles. The molecule has 0 saturated carbocycles. The highest BCUT2D eigenvalue weighted by Gasteiger charge is 2.17. The maximum absolute atomic E-state index is 12.0. The summed E-state index contributed by atoms with van der Waals surface area (Å²) in [5.74, 6) is 0.878. The van der Waals surface area contributed by atoms with Gasteiger partial charge in [-0.2, -0.15) is 0 Å². The van der Waals surface area contributed by atoms with Gasteiger partial charge in [0.15, 0.2) is 0 Å². The topological polar surface area (TPSA) is 51.2 Å². The van der Waals surface area contributed by atoms with Gasteiger partial charge in [0.1, 0.15) is 12.4 Å². The van der Waals surface area contributed by atoms with Gasteiger partial charge in [0.25, 0.3) is 0 Å². The summed E-state index contributed by atoms with van der Waals surface area (Å²) >= 11 is 0. The van der Waals surface area contributed by atoms with Crippen LogP contribution in [0.1, 0.15) is 51.3 Å². The van der Waals surface area contributed by atoms with Crippen molar-refractivity contribution in [2.75, 3.05) is 0 Å². The Morgan fingerprint density at radius 3 is 2.50 bits per heavy atom. The molecule has 1 amide bonds. The first-order valence-electron chi connectivity index (χ1n) is 8.24. The van der Waals surface area contributed by atoms with Crippen molar-refractivity contribution in [3.8, 4) is 5.75 Å². The van der Waals surface area contributed by atoms with Gasteiger partial charge in [-0.15, -0.1) is 0 Å². The summed E-state index contributed by atoms with van der Waals surface area (Å²) in [5, 5.41) is 3.04. The monoisotopic (exact) mass is 326 g/mol. The van der Waals surface area contributed by atoms with Crippen LogP contribution in [0, 0.1) is 5.41 Å². The van der Waals surface area contributed by atoms with Crippen LogP contribution in [0.25, 0.3) is 0 Å². The molecule has 128 valence electrons. The molecular weight excluding hydrogens is 300 g/mol. The molecule has 0 radical (unpaired) electrons. The number of benzene rings is 1. The number of amides is 1. The highest BCUT2D eigenvalue weighted by Crippen LogP contribution is 2.21. The molecule has 4 heteroatoms. The molecule has 0 aliphatic carbocycles. The number of rotatable bonds is 6. The number of carbonyl (C=O) groups excluding carboxylic acids is 1. The van der Waals surface area contributed by atoms with Crippen LogP contribution in [0.4, 0.5) is 0 Å². The lowest BCUT2D eigenvalue weighted by Gasteiger charge is -2.20. The van der Waals surface area contributed by atoms with Crippen LogP contribution in [0.5, 0.6) is 5.75 Å². The molecule has 0 fully saturated rings. The number of nitrogens with one attached hydrogen (secondary N) is 1. The SMILES string of the molecule is C[C@H](NC(=O)CC(C)(C)C)c1ccc(OCc2cccnc2)cc1. The van der Waals surface area contributed by atoms with Crippen LogP contribution < -0.4 is 10.1 Å². The van der Waals surface area contributed by atoms with Gasteiger partial charge in [0.2, 0.25) is 5.91 Å². The van der Waals surface area contributed by atoms with Crippen LogP contribution in [0.15, 0.2) is 48.8 Å². The molecule has 0 aliphatic rings. The fourth-order valence-electron chi connectivity index (χ4n) is 2.36. The number of hydrogen-bond acceptors (Lipinski definition) is 3. The number of hydrogen-bond donors (Lipinski definition) is 1. The first kappa shape index (κ1) is 18.0. The first-order chi connectivity index (χ1) is 11.3. The predicted molar refractivity (Wildman–Crippen MR) is 95.6 cm³/mol. The van der Waals surface area contributed by atoms with E-state index in [1.165, 1.54) is 0 Å². The fourth-order valence-corrected chi connectivity index (χ4v) is 2.36. The molecule has 1 N–H and O–H groups in total. The number of nitrogens with zero attached hydrogens (tertiary/aromatic N) is 1. The summed E-state index contributed by atoms with van der Waals surface area (Å²) in [7, 11) is 0. The smallest absolute Gasteiger partial charge is 0.220 e.